The van der Waals surface area contributed by atoms with Crippen LogP contribution in [0.15, 0.2) is 18.2 Å². The lowest BCUT2D eigenvalue weighted by atomic mass is 10.0. The molecule has 0 bridgehead atoms. The summed E-state index contributed by atoms with van der Waals surface area (Å²) >= 11 is 0. The van der Waals surface area contributed by atoms with Gasteiger partial charge in [0.25, 0.3) is 5.91 Å². The fourth-order valence-electron chi connectivity index (χ4n) is 2.19. The van der Waals surface area contributed by atoms with Crippen LogP contribution in [0.2, 0.25) is 0 Å². The SMILES string of the molecule is CN(C(=O)c1ccc(F)c(F)c1)C1CCNCC1. The third-order valence-electron chi connectivity index (χ3n) is 3.34. The zero-order valence-electron chi connectivity index (χ0n) is 10.2. The maximum absolute atomic E-state index is 13.1. The second-order valence-corrected chi connectivity index (χ2v) is 4.53. The number of halogens is 2. The zero-order valence-corrected chi connectivity index (χ0v) is 10.2. The van der Waals surface area contributed by atoms with Crippen LogP contribution >= 0.6 is 0 Å². The average Bonchev–Trinajstić information content (AvgIpc) is 2.41. The van der Waals surface area contributed by atoms with Gasteiger partial charge in [-0.25, -0.2) is 8.78 Å². The second kappa shape index (κ2) is 5.44. The third-order valence-corrected chi connectivity index (χ3v) is 3.34. The Bertz CT molecular complexity index is 445. The Balaban J connectivity index is 2.11. The van der Waals surface area contributed by atoms with E-state index in [-0.39, 0.29) is 17.5 Å². The first-order valence-electron chi connectivity index (χ1n) is 6.02. The van der Waals surface area contributed by atoms with Gasteiger partial charge >= 0.3 is 0 Å². The number of hydrogen-bond acceptors (Lipinski definition) is 2. The molecular formula is C13H16F2N2O. The molecule has 5 heteroatoms. The largest absolute Gasteiger partial charge is 0.339 e. The summed E-state index contributed by atoms with van der Waals surface area (Å²) < 4.78 is 25.9. The van der Waals surface area contributed by atoms with Crippen LogP contribution in [-0.2, 0) is 0 Å². The monoisotopic (exact) mass is 254 g/mol. The van der Waals surface area contributed by atoms with E-state index in [1.54, 1.807) is 11.9 Å². The first-order chi connectivity index (χ1) is 8.59. The van der Waals surface area contributed by atoms with Gasteiger partial charge in [0.15, 0.2) is 11.6 Å². The maximum atomic E-state index is 13.1. The minimum atomic E-state index is -0.987. The molecule has 1 fully saturated rings. The molecule has 1 aliphatic heterocycles. The molecule has 1 amide bonds. The molecule has 0 saturated carbocycles. The second-order valence-electron chi connectivity index (χ2n) is 4.53. The van der Waals surface area contributed by atoms with Crippen LogP contribution in [0.25, 0.3) is 0 Å². The van der Waals surface area contributed by atoms with E-state index in [9.17, 15) is 13.6 Å². The van der Waals surface area contributed by atoms with Crippen LogP contribution in [0.3, 0.4) is 0 Å². The number of amides is 1. The highest BCUT2D eigenvalue weighted by Gasteiger charge is 2.23. The van der Waals surface area contributed by atoms with Crippen molar-refractivity contribution in [2.75, 3.05) is 20.1 Å². The average molecular weight is 254 g/mol. The Morgan fingerprint density at radius 1 is 1.28 bits per heavy atom. The maximum Gasteiger partial charge on any atom is 0.253 e. The lowest BCUT2D eigenvalue weighted by Crippen LogP contribution is -2.44. The van der Waals surface area contributed by atoms with Gasteiger partial charge in [0.2, 0.25) is 0 Å². The zero-order chi connectivity index (χ0) is 13.1. The molecule has 0 unspecified atom stereocenters. The highest BCUT2D eigenvalue weighted by molar-refractivity contribution is 5.94. The summed E-state index contributed by atoms with van der Waals surface area (Å²) in [5.41, 5.74) is 0.190. The number of benzene rings is 1. The molecule has 3 nitrogen and oxygen atoms in total. The van der Waals surface area contributed by atoms with E-state index in [0.717, 1.165) is 38.1 Å². The predicted molar refractivity (Wildman–Crippen MR) is 64.3 cm³/mol. The van der Waals surface area contributed by atoms with Gasteiger partial charge in [-0.05, 0) is 44.1 Å². The van der Waals surface area contributed by atoms with Gasteiger partial charge < -0.3 is 10.2 Å². The summed E-state index contributed by atoms with van der Waals surface area (Å²) in [7, 11) is 1.71. The minimum absolute atomic E-state index is 0.159. The van der Waals surface area contributed by atoms with Gasteiger partial charge in [-0.1, -0.05) is 0 Å². The third kappa shape index (κ3) is 2.67. The first-order valence-corrected chi connectivity index (χ1v) is 6.02. The highest BCUT2D eigenvalue weighted by Crippen LogP contribution is 2.15. The van der Waals surface area contributed by atoms with Gasteiger partial charge in [-0.15, -0.1) is 0 Å². The Hall–Kier alpha value is -1.49. The quantitative estimate of drug-likeness (QED) is 0.872. The molecule has 2 rings (SSSR count). The first kappa shape index (κ1) is 13.0. The number of nitrogens with zero attached hydrogens (tertiary/aromatic N) is 1. The van der Waals surface area contributed by atoms with Gasteiger partial charge in [0.05, 0.1) is 0 Å². The van der Waals surface area contributed by atoms with Crippen molar-refractivity contribution in [1.29, 1.82) is 0 Å². The number of nitrogens with one attached hydrogen (secondary N) is 1. The molecule has 0 spiro atoms. The molecule has 1 aliphatic rings. The molecule has 1 aromatic rings. The van der Waals surface area contributed by atoms with Crippen LogP contribution in [0.4, 0.5) is 8.78 Å². The smallest absolute Gasteiger partial charge is 0.253 e. The van der Waals surface area contributed by atoms with Crippen LogP contribution in [0, 0.1) is 11.6 Å². The van der Waals surface area contributed by atoms with Crippen molar-refractivity contribution in [3.63, 3.8) is 0 Å². The standard InChI is InChI=1S/C13H16F2N2O/c1-17(10-4-6-16-7-5-10)13(18)9-2-3-11(14)12(15)8-9/h2-3,8,10,16H,4-7H2,1H3. The van der Waals surface area contributed by atoms with Crippen LogP contribution in [0.5, 0.6) is 0 Å². The van der Waals surface area contributed by atoms with E-state index in [1.807, 2.05) is 0 Å². The molecule has 1 heterocycles. The van der Waals surface area contributed by atoms with Gasteiger partial charge in [0.1, 0.15) is 0 Å². The van der Waals surface area contributed by atoms with Crippen LogP contribution in [-0.4, -0.2) is 37.0 Å². The van der Waals surface area contributed by atoms with Crippen molar-refractivity contribution in [2.24, 2.45) is 0 Å². The highest BCUT2D eigenvalue weighted by atomic mass is 19.2. The summed E-state index contributed by atoms with van der Waals surface area (Å²) in [6.07, 6.45) is 1.76. The van der Waals surface area contributed by atoms with Crippen molar-refractivity contribution in [2.45, 2.75) is 18.9 Å². The number of hydrogen-bond donors (Lipinski definition) is 1. The lowest BCUT2D eigenvalue weighted by molar-refractivity contribution is 0.0702. The molecule has 18 heavy (non-hydrogen) atoms. The Morgan fingerprint density at radius 3 is 2.56 bits per heavy atom. The molecule has 98 valence electrons. The normalized spacial score (nSPS) is 16.6. The summed E-state index contributed by atoms with van der Waals surface area (Å²) in [6.45, 7) is 1.75. The van der Waals surface area contributed by atoms with E-state index in [4.69, 9.17) is 0 Å². The molecule has 0 radical (unpaired) electrons. The molecule has 1 aromatic carbocycles. The molecular weight excluding hydrogens is 238 g/mol. The van der Waals surface area contributed by atoms with Gasteiger partial charge in [-0.2, -0.15) is 0 Å². The van der Waals surface area contributed by atoms with Gasteiger partial charge in [0, 0.05) is 18.7 Å². The summed E-state index contributed by atoms with van der Waals surface area (Å²) in [5, 5.41) is 3.22. The van der Waals surface area contributed by atoms with E-state index in [2.05, 4.69) is 5.32 Å². The fourth-order valence-corrected chi connectivity index (χ4v) is 2.19. The molecule has 1 N–H and O–H groups in total. The van der Waals surface area contributed by atoms with Gasteiger partial charge in [-0.3, -0.25) is 4.79 Å². The minimum Gasteiger partial charge on any atom is -0.339 e. The van der Waals surface area contributed by atoms with E-state index < -0.39 is 11.6 Å². The van der Waals surface area contributed by atoms with E-state index in [0.29, 0.717) is 0 Å². The van der Waals surface area contributed by atoms with Crippen LogP contribution < -0.4 is 5.32 Å². The van der Waals surface area contributed by atoms with Crippen molar-refractivity contribution < 1.29 is 13.6 Å². The summed E-state index contributed by atoms with van der Waals surface area (Å²) in [6, 6.07) is 3.42. The van der Waals surface area contributed by atoms with E-state index >= 15 is 0 Å². The topological polar surface area (TPSA) is 32.3 Å². The lowest BCUT2D eigenvalue weighted by Gasteiger charge is -2.31. The summed E-state index contributed by atoms with van der Waals surface area (Å²) in [4.78, 5) is 13.7. The molecule has 1 saturated heterocycles. The fraction of sp³-hybridized carbons (Fsp3) is 0.462. The number of carbonyl (C=O) groups is 1. The van der Waals surface area contributed by atoms with Crippen LogP contribution in [0.1, 0.15) is 23.2 Å². The van der Waals surface area contributed by atoms with Crippen molar-refractivity contribution in [3.8, 4) is 0 Å². The number of carbonyl (C=O) groups excluding carboxylic acids is 1. The van der Waals surface area contributed by atoms with Crippen molar-refractivity contribution in [3.05, 3.63) is 35.4 Å². The van der Waals surface area contributed by atoms with Crippen molar-refractivity contribution in [1.82, 2.24) is 10.2 Å². The summed E-state index contributed by atoms with van der Waals surface area (Å²) in [5.74, 6) is -2.18. The number of rotatable bonds is 2. The Kier molecular flexibility index (Phi) is 3.91. The molecule has 0 aromatic heterocycles. The Labute approximate surface area is 105 Å². The Morgan fingerprint density at radius 2 is 1.94 bits per heavy atom. The predicted octanol–water partition coefficient (Wildman–Crippen LogP) is 1.79. The van der Waals surface area contributed by atoms with E-state index in [1.165, 1.54) is 6.07 Å². The van der Waals surface area contributed by atoms with Crippen molar-refractivity contribution >= 4 is 5.91 Å². The number of piperidine rings is 1. The molecule has 0 aliphatic carbocycles. The molecule has 0 atom stereocenters.